The maximum absolute atomic E-state index is 4.76. The van der Waals surface area contributed by atoms with E-state index >= 15 is 0 Å². The Bertz CT molecular complexity index is 603. The van der Waals surface area contributed by atoms with Gasteiger partial charge in [-0.1, -0.05) is 17.7 Å². The van der Waals surface area contributed by atoms with Gasteiger partial charge in [0.1, 0.15) is 5.82 Å². The van der Waals surface area contributed by atoms with E-state index in [1.807, 2.05) is 12.3 Å². The van der Waals surface area contributed by atoms with E-state index in [-0.39, 0.29) is 0 Å². The highest BCUT2D eigenvalue weighted by molar-refractivity contribution is 5.62. The van der Waals surface area contributed by atoms with E-state index in [0.717, 1.165) is 43.4 Å². The fourth-order valence-electron chi connectivity index (χ4n) is 2.53. The van der Waals surface area contributed by atoms with Gasteiger partial charge < -0.3 is 10.2 Å². The summed E-state index contributed by atoms with van der Waals surface area (Å²) in [5.41, 5.74) is 3.58. The first-order valence-corrected chi connectivity index (χ1v) is 7.10. The third kappa shape index (κ3) is 2.65. The lowest BCUT2D eigenvalue weighted by Crippen LogP contribution is -2.43. The van der Waals surface area contributed by atoms with Gasteiger partial charge in [0.25, 0.3) is 0 Å². The summed E-state index contributed by atoms with van der Waals surface area (Å²) in [6.07, 6.45) is 1.86. The number of nitrogens with zero attached hydrogens (tertiary/aromatic N) is 3. The van der Waals surface area contributed by atoms with Crippen LogP contribution in [0.4, 0.5) is 5.82 Å². The summed E-state index contributed by atoms with van der Waals surface area (Å²) in [5, 5.41) is 3.36. The molecule has 0 unspecified atom stereocenters. The number of aromatic nitrogens is 2. The largest absolute Gasteiger partial charge is 0.354 e. The molecule has 20 heavy (non-hydrogen) atoms. The summed E-state index contributed by atoms with van der Waals surface area (Å²) >= 11 is 0. The molecule has 0 bridgehead atoms. The van der Waals surface area contributed by atoms with Crippen LogP contribution >= 0.6 is 0 Å². The molecule has 1 saturated heterocycles. The summed E-state index contributed by atoms with van der Waals surface area (Å²) in [6, 6.07) is 8.41. The molecule has 0 atom stereocenters. The van der Waals surface area contributed by atoms with E-state index in [0.29, 0.717) is 0 Å². The van der Waals surface area contributed by atoms with Crippen LogP contribution in [-0.2, 0) is 0 Å². The Morgan fingerprint density at radius 3 is 2.70 bits per heavy atom. The Balaban J connectivity index is 1.96. The zero-order valence-electron chi connectivity index (χ0n) is 12.1. The lowest BCUT2D eigenvalue weighted by molar-refractivity contribution is 0.585. The molecule has 104 valence electrons. The van der Waals surface area contributed by atoms with Gasteiger partial charge >= 0.3 is 0 Å². The quantitative estimate of drug-likeness (QED) is 0.906. The van der Waals surface area contributed by atoms with Crippen LogP contribution in [0.1, 0.15) is 11.1 Å². The molecule has 1 aromatic carbocycles. The number of aryl methyl sites for hydroxylation is 2. The molecule has 0 radical (unpaired) electrons. The number of hydrogen-bond donors (Lipinski definition) is 1. The van der Waals surface area contributed by atoms with Crippen molar-refractivity contribution in [2.45, 2.75) is 13.8 Å². The van der Waals surface area contributed by atoms with E-state index in [1.165, 1.54) is 11.1 Å². The standard InChI is InChI=1S/C16H20N4/c1-12-3-4-13(2)14(11-12)16-18-6-5-15(19-16)20-9-7-17-8-10-20/h3-6,11,17H,7-10H2,1-2H3. The highest BCUT2D eigenvalue weighted by Crippen LogP contribution is 2.23. The van der Waals surface area contributed by atoms with E-state index < -0.39 is 0 Å². The molecule has 2 heterocycles. The highest BCUT2D eigenvalue weighted by Gasteiger charge is 2.13. The summed E-state index contributed by atoms with van der Waals surface area (Å²) in [5.74, 6) is 1.85. The number of nitrogens with one attached hydrogen (secondary N) is 1. The molecule has 2 aromatic rings. The summed E-state index contributed by atoms with van der Waals surface area (Å²) in [4.78, 5) is 11.5. The first-order chi connectivity index (χ1) is 9.74. The topological polar surface area (TPSA) is 41.1 Å². The first-order valence-electron chi connectivity index (χ1n) is 7.10. The van der Waals surface area contributed by atoms with Crippen LogP contribution in [0.25, 0.3) is 11.4 Å². The van der Waals surface area contributed by atoms with Crippen molar-refractivity contribution >= 4 is 5.82 Å². The van der Waals surface area contributed by atoms with Gasteiger partial charge in [-0.05, 0) is 31.5 Å². The number of piperazine rings is 1. The van der Waals surface area contributed by atoms with Gasteiger partial charge in [-0.25, -0.2) is 9.97 Å². The SMILES string of the molecule is Cc1ccc(C)c(-c2nccc(N3CCNCC3)n2)c1. The van der Waals surface area contributed by atoms with Crippen LogP contribution in [-0.4, -0.2) is 36.1 Å². The smallest absolute Gasteiger partial charge is 0.161 e. The lowest BCUT2D eigenvalue weighted by Gasteiger charge is -2.28. The summed E-state index contributed by atoms with van der Waals surface area (Å²) in [7, 11) is 0. The van der Waals surface area contributed by atoms with Crippen LogP contribution in [0.2, 0.25) is 0 Å². The Kier molecular flexibility index (Phi) is 3.65. The van der Waals surface area contributed by atoms with Crippen molar-refractivity contribution in [1.82, 2.24) is 15.3 Å². The fraction of sp³-hybridized carbons (Fsp3) is 0.375. The van der Waals surface area contributed by atoms with Crippen molar-refractivity contribution in [3.8, 4) is 11.4 Å². The second-order valence-electron chi connectivity index (χ2n) is 5.29. The molecule has 4 heteroatoms. The Labute approximate surface area is 119 Å². The van der Waals surface area contributed by atoms with E-state index in [1.54, 1.807) is 0 Å². The van der Waals surface area contributed by atoms with E-state index in [4.69, 9.17) is 4.98 Å². The molecule has 1 N–H and O–H groups in total. The van der Waals surface area contributed by atoms with Gasteiger partial charge in [-0.2, -0.15) is 0 Å². The molecule has 0 aliphatic carbocycles. The summed E-state index contributed by atoms with van der Waals surface area (Å²) in [6.45, 7) is 8.25. The van der Waals surface area contributed by atoms with Crippen molar-refractivity contribution in [2.24, 2.45) is 0 Å². The molecule has 1 aromatic heterocycles. The van der Waals surface area contributed by atoms with Gasteiger partial charge in [-0.15, -0.1) is 0 Å². The van der Waals surface area contributed by atoms with Crippen molar-refractivity contribution in [3.63, 3.8) is 0 Å². The lowest BCUT2D eigenvalue weighted by atomic mass is 10.1. The van der Waals surface area contributed by atoms with Gasteiger partial charge in [0.05, 0.1) is 0 Å². The third-order valence-corrected chi connectivity index (χ3v) is 3.72. The monoisotopic (exact) mass is 268 g/mol. The minimum absolute atomic E-state index is 0.822. The van der Waals surface area contributed by atoms with Crippen molar-refractivity contribution in [1.29, 1.82) is 0 Å². The molecular formula is C16H20N4. The molecule has 1 aliphatic heterocycles. The zero-order valence-corrected chi connectivity index (χ0v) is 12.1. The maximum atomic E-state index is 4.76. The molecule has 0 saturated carbocycles. The van der Waals surface area contributed by atoms with Gasteiger partial charge in [-0.3, -0.25) is 0 Å². The van der Waals surface area contributed by atoms with Crippen molar-refractivity contribution in [3.05, 3.63) is 41.6 Å². The van der Waals surface area contributed by atoms with Gasteiger partial charge in [0.15, 0.2) is 5.82 Å². The first kappa shape index (κ1) is 13.1. The predicted octanol–water partition coefficient (Wildman–Crippen LogP) is 2.17. The summed E-state index contributed by atoms with van der Waals surface area (Å²) < 4.78 is 0. The number of hydrogen-bond acceptors (Lipinski definition) is 4. The Hall–Kier alpha value is -1.94. The Morgan fingerprint density at radius 2 is 1.90 bits per heavy atom. The highest BCUT2D eigenvalue weighted by atomic mass is 15.2. The maximum Gasteiger partial charge on any atom is 0.161 e. The van der Waals surface area contributed by atoms with Crippen molar-refractivity contribution in [2.75, 3.05) is 31.1 Å². The van der Waals surface area contributed by atoms with E-state index in [9.17, 15) is 0 Å². The number of benzene rings is 1. The van der Waals surface area contributed by atoms with E-state index in [2.05, 4.69) is 47.2 Å². The molecule has 0 spiro atoms. The van der Waals surface area contributed by atoms with Crippen LogP contribution in [0.15, 0.2) is 30.5 Å². The van der Waals surface area contributed by atoms with Gasteiger partial charge in [0, 0.05) is 37.9 Å². The molecule has 4 nitrogen and oxygen atoms in total. The van der Waals surface area contributed by atoms with Crippen LogP contribution in [0.3, 0.4) is 0 Å². The number of rotatable bonds is 2. The Morgan fingerprint density at radius 1 is 1.10 bits per heavy atom. The van der Waals surface area contributed by atoms with Crippen LogP contribution in [0, 0.1) is 13.8 Å². The van der Waals surface area contributed by atoms with Crippen molar-refractivity contribution < 1.29 is 0 Å². The zero-order chi connectivity index (χ0) is 13.9. The van der Waals surface area contributed by atoms with Crippen LogP contribution in [0.5, 0.6) is 0 Å². The second kappa shape index (κ2) is 5.59. The average molecular weight is 268 g/mol. The fourth-order valence-corrected chi connectivity index (χ4v) is 2.53. The average Bonchev–Trinajstić information content (AvgIpc) is 2.51. The minimum Gasteiger partial charge on any atom is -0.354 e. The number of anilines is 1. The molecule has 1 fully saturated rings. The molecule has 3 rings (SSSR count). The predicted molar refractivity (Wildman–Crippen MR) is 82.0 cm³/mol. The van der Waals surface area contributed by atoms with Gasteiger partial charge in [0.2, 0.25) is 0 Å². The molecular weight excluding hydrogens is 248 g/mol. The minimum atomic E-state index is 0.822. The normalized spacial score (nSPS) is 15.4. The molecule has 0 amide bonds. The van der Waals surface area contributed by atoms with Crippen LogP contribution < -0.4 is 10.2 Å². The molecule has 1 aliphatic rings. The third-order valence-electron chi connectivity index (χ3n) is 3.72. The second-order valence-corrected chi connectivity index (χ2v) is 5.29.